The van der Waals surface area contributed by atoms with Crippen LogP contribution in [0.4, 0.5) is 5.69 Å². The zero-order chi connectivity index (χ0) is 17.0. The molecule has 0 N–H and O–H groups in total. The number of nitrogens with zero attached hydrogens (tertiary/aromatic N) is 1. The summed E-state index contributed by atoms with van der Waals surface area (Å²) in [4.78, 5) is 9.88. The SMILES string of the molecule is CCOc1ccc(Br)cc1S(=O)(=O)Oc1ccc([N+](=O)[O-])cc1. The molecule has 0 spiro atoms. The molecule has 122 valence electrons. The quantitative estimate of drug-likeness (QED) is 0.417. The lowest BCUT2D eigenvalue weighted by molar-refractivity contribution is -0.384. The Hall–Kier alpha value is -2.13. The van der Waals surface area contributed by atoms with Crippen LogP contribution in [-0.2, 0) is 10.1 Å². The van der Waals surface area contributed by atoms with E-state index in [0.717, 1.165) is 12.1 Å². The van der Waals surface area contributed by atoms with Gasteiger partial charge in [-0.15, -0.1) is 0 Å². The van der Waals surface area contributed by atoms with E-state index < -0.39 is 15.0 Å². The highest BCUT2D eigenvalue weighted by molar-refractivity contribution is 9.10. The van der Waals surface area contributed by atoms with E-state index in [1.807, 2.05) is 0 Å². The largest absolute Gasteiger partial charge is 0.492 e. The minimum absolute atomic E-state index is 0.0296. The van der Waals surface area contributed by atoms with E-state index in [1.165, 1.54) is 24.3 Å². The van der Waals surface area contributed by atoms with Crippen molar-refractivity contribution in [3.63, 3.8) is 0 Å². The highest BCUT2D eigenvalue weighted by atomic mass is 79.9. The van der Waals surface area contributed by atoms with Crippen LogP contribution in [-0.4, -0.2) is 19.9 Å². The van der Waals surface area contributed by atoms with E-state index in [4.69, 9.17) is 8.92 Å². The van der Waals surface area contributed by atoms with E-state index in [1.54, 1.807) is 13.0 Å². The molecule has 0 bridgehead atoms. The molecule has 0 aliphatic rings. The molecule has 0 saturated heterocycles. The predicted octanol–water partition coefficient (Wildman–Crippen LogP) is 3.52. The topological polar surface area (TPSA) is 95.7 Å². The summed E-state index contributed by atoms with van der Waals surface area (Å²) in [6, 6.07) is 9.29. The zero-order valence-electron chi connectivity index (χ0n) is 11.9. The summed E-state index contributed by atoms with van der Waals surface area (Å²) in [5.74, 6) is 0.135. The average molecular weight is 402 g/mol. The van der Waals surface area contributed by atoms with E-state index in [2.05, 4.69) is 15.9 Å². The van der Waals surface area contributed by atoms with Crippen LogP contribution in [0.1, 0.15) is 6.92 Å². The zero-order valence-corrected chi connectivity index (χ0v) is 14.3. The molecule has 0 radical (unpaired) electrons. The summed E-state index contributed by atoms with van der Waals surface area (Å²) in [6.07, 6.45) is 0. The van der Waals surface area contributed by atoms with Gasteiger partial charge in [0.2, 0.25) is 0 Å². The lowest BCUT2D eigenvalue weighted by Crippen LogP contribution is -2.12. The Morgan fingerprint density at radius 3 is 2.39 bits per heavy atom. The van der Waals surface area contributed by atoms with Gasteiger partial charge in [0.25, 0.3) is 5.69 Å². The molecule has 2 aromatic rings. The molecule has 7 nitrogen and oxygen atoms in total. The van der Waals surface area contributed by atoms with Crippen LogP contribution in [0.2, 0.25) is 0 Å². The van der Waals surface area contributed by atoms with Crippen LogP contribution in [0.5, 0.6) is 11.5 Å². The highest BCUT2D eigenvalue weighted by Crippen LogP contribution is 2.30. The first-order valence-electron chi connectivity index (χ1n) is 6.45. The van der Waals surface area contributed by atoms with E-state index in [9.17, 15) is 18.5 Å². The number of benzene rings is 2. The third-order valence-electron chi connectivity index (χ3n) is 2.73. The van der Waals surface area contributed by atoms with Crippen molar-refractivity contribution in [2.45, 2.75) is 11.8 Å². The number of nitro groups is 1. The third kappa shape index (κ3) is 4.20. The van der Waals surface area contributed by atoms with Crippen LogP contribution in [0, 0.1) is 10.1 Å². The smallest absolute Gasteiger partial charge is 0.342 e. The first-order chi connectivity index (χ1) is 10.8. The van der Waals surface area contributed by atoms with Crippen molar-refractivity contribution < 1.29 is 22.3 Å². The third-order valence-corrected chi connectivity index (χ3v) is 4.49. The Bertz CT molecular complexity index is 820. The number of non-ortho nitro benzene ring substituents is 1. The van der Waals surface area contributed by atoms with Crippen molar-refractivity contribution in [2.75, 3.05) is 6.61 Å². The molecule has 0 amide bonds. The summed E-state index contributed by atoms with van der Waals surface area (Å²) < 4.78 is 35.7. The predicted molar refractivity (Wildman–Crippen MR) is 86.2 cm³/mol. The molecule has 0 fully saturated rings. The molecule has 0 unspecified atom stereocenters. The molecule has 23 heavy (non-hydrogen) atoms. The maximum absolute atomic E-state index is 12.4. The van der Waals surface area contributed by atoms with Gasteiger partial charge in [-0.2, -0.15) is 8.42 Å². The van der Waals surface area contributed by atoms with Gasteiger partial charge in [0.15, 0.2) is 0 Å². The van der Waals surface area contributed by atoms with E-state index in [-0.39, 0.29) is 22.1 Å². The van der Waals surface area contributed by atoms with Gasteiger partial charge in [0, 0.05) is 16.6 Å². The standard InChI is InChI=1S/C14H12BrNO6S/c1-2-21-13-8-3-10(15)9-14(13)23(19,20)22-12-6-4-11(5-7-12)16(17)18/h3-9H,2H2,1H3. The molecule has 0 atom stereocenters. The van der Waals surface area contributed by atoms with Crippen molar-refractivity contribution in [2.24, 2.45) is 0 Å². The number of nitro benzene ring substituents is 1. The maximum Gasteiger partial charge on any atom is 0.342 e. The molecule has 0 aromatic heterocycles. The van der Waals surface area contributed by atoms with Gasteiger partial charge >= 0.3 is 10.1 Å². The van der Waals surface area contributed by atoms with Gasteiger partial charge in [-0.3, -0.25) is 10.1 Å². The Labute approximate surface area is 141 Å². The molecule has 0 heterocycles. The van der Waals surface area contributed by atoms with Crippen molar-refractivity contribution in [1.29, 1.82) is 0 Å². The second-order valence-electron chi connectivity index (χ2n) is 4.31. The van der Waals surface area contributed by atoms with Crippen LogP contribution in [0.3, 0.4) is 0 Å². The lowest BCUT2D eigenvalue weighted by atomic mass is 10.3. The molecule has 0 saturated carbocycles. The van der Waals surface area contributed by atoms with Crippen LogP contribution in [0.25, 0.3) is 0 Å². The Morgan fingerprint density at radius 2 is 1.83 bits per heavy atom. The fraction of sp³-hybridized carbons (Fsp3) is 0.143. The number of hydrogen-bond donors (Lipinski definition) is 0. The normalized spacial score (nSPS) is 11.0. The Morgan fingerprint density at radius 1 is 1.17 bits per heavy atom. The lowest BCUT2D eigenvalue weighted by Gasteiger charge is -2.12. The second-order valence-corrected chi connectivity index (χ2v) is 6.74. The van der Waals surface area contributed by atoms with Gasteiger partial charge in [0.05, 0.1) is 11.5 Å². The van der Waals surface area contributed by atoms with Gasteiger partial charge in [-0.25, -0.2) is 0 Å². The minimum atomic E-state index is -4.15. The molecular formula is C14H12BrNO6S. The molecule has 9 heteroatoms. The maximum atomic E-state index is 12.4. The first kappa shape index (κ1) is 17.2. The summed E-state index contributed by atoms with van der Waals surface area (Å²) >= 11 is 3.20. The van der Waals surface area contributed by atoms with Crippen LogP contribution < -0.4 is 8.92 Å². The van der Waals surface area contributed by atoms with Gasteiger partial charge in [-0.05, 0) is 37.3 Å². The number of rotatable bonds is 6. The molecule has 0 aliphatic carbocycles. The minimum Gasteiger partial charge on any atom is -0.492 e. The number of ether oxygens (including phenoxy) is 1. The summed E-state index contributed by atoms with van der Waals surface area (Å²) in [5.41, 5.74) is -0.160. The van der Waals surface area contributed by atoms with Crippen molar-refractivity contribution in [1.82, 2.24) is 0 Å². The monoisotopic (exact) mass is 401 g/mol. The van der Waals surface area contributed by atoms with E-state index in [0.29, 0.717) is 11.1 Å². The van der Waals surface area contributed by atoms with Gasteiger partial charge < -0.3 is 8.92 Å². The second kappa shape index (κ2) is 6.97. The van der Waals surface area contributed by atoms with Gasteiger partial charge in [0.1, 0.15) is 16.4 Å². The average Bonchev–Trinajstić information content (AvgIpc) is 2.49. The molecule has 0 aliphatic heterocycles. The van der Waals surface area contributed by atoms with Crippen LogP contribution in [0.15, 0.2) is 51.8 Å². The fourth-order valence-corrected chi connectivity index (χ4v) is 3.36. The fourth-order valence-electron chi connectivity index (χ4n) is 1.75. The van der Waals surface area contributed by atoms with Crippen molar-refractivity contribution >= 4 is 31.7 Å². The Kier molecular flexibility index (Phi) is 5.22. The summed E-state index contributed by atoms with van der Waals surface area (Å²) in [6.45, 7) is 2.03. The first-order valence-corrected chi connectivity index (χ1v) is 8.65. The van der Waals surface area contributed by atoms with E-state index >= 15 is 0 Å². The van der Waals surface area contributed by atoms with Crippen molar-refractivity contribution in [3.05, 3.63) is 57.1 Å². The van der Waals surface area contributed by atoms with Crippen LogP contribution >= 0.6 is 15.9 Å². The number of halogens is 1. The summed E-state index contributed by atoms with van der Waals surface area (Å²) in [5, 5.41) is 10.6. The van der Waals surface area contributed by atoms with Crippen molar-refractivity contribution in [3.8, 4) is 11.5 Å². The highest BCUT2D eigenvalue weighted by Gasteiger charge is 2.23. The summed E-state index contributed by atoms with van der Waals surface area (Å²) in [7, 11) is -4.15. The Balaban J connectivity index is 2.35. The number of hydrogen-bond acceptors (Lipinski definition) is 6. The molecular weight excluding hydrogens is 390 g/mol. The molecule has 2 rings (SSSR count). The van der Waals surface area contributed by atoms with Gasteiger partial charge in [-0.1, -0.05) is 15.9 Å². The molecule has 2 aromatic carbocycles.